The molecule has 0 saturated heterocycles. The van der Waals surface area contributed by atoms with Gasteiger partial charge in [0.1, 0.15) is 16.4 Å². The van der Waals surface area contributed by atoms with Gasteiger partial charge in [-0.25, -0.2) is 14.2 Å². The van der Waals surface area contributed by atoms with Crippen molar-refractivity contribution in [3.05, 3.63) is 34.6 Å². The summed E-state index contributed by atoms with van der Waals surface area (Å²) in [6.07, 6.45) is 0. The minimum absolute atomic E-state index is 0.231. The van der Waals surface area contributed by atoms with Crippen LogP contribution in [0.2, 0.25) is 0 Å². The average molecular weight is 296 g/mol. The highest BCUT2D eigenvalue weighted by Gasteiger charge is 2.16. The molecule has 0 spiro atoms. The predicted molar refractivity (Wildman–Crippen MR) is 74.4 cm³/mol. The van der Waals surface area contributed by atoms with Gasteiger partial charge in [0.15, 0.2) is 5.13 Å². The fourth-order valence-corrected chi connectivity index (χ4v) is 2.47. The number of halogens is 1. The first-order valence-corrected chi connectivity index (χ1v) is 6.53. The molecule has 2 rings (SSSR count). The lowest BCUT2D eigenvalue weighted by atomic mass is 10.3. The molecule has 0 amide bonds. The number of nitrogens with zero attached hydrogens (tertiary/aromatic N) is 1. The third-order valence-electron chi connectivity index (χ3n) is 2.58. The number of esters is 1. The zero-order valence-electron chi connectivity index (χ0n) is 11.2. The lowest BCUT2D eigenvalue weighted by Gasteiger charge is -2.06. The van der Waals surface area contributed by atoms with Gasteiger partial charge >= 0.3 is 5.97 Å². The zero-order valence-corrected chi connectivity index (χ0v) is 12.0. The van der Waals surface area contributed by atoms with Crippen molar-refractivity contribution in [1.29, 1.82) is 0 Å². The summed E-state index contributed by atoms with van der Waals surface area (Å²) in [5.74, 6) is -0.368. The summed E-state index contributed by atoms with van der Waals surface area (Å²) < 4.78 is 23.4. The van der Waals surface area contributed by atoms with E-state index in [0.717, 1.165) is 11.3 Å². The molecule has 2 aromatic rings. The van der Waals surface area contributed by atoms with Crippen LogP contribution < -0.4 is 10.1 Å². The molecule has 7 heteroatoms. The fourth-order valence-electron chi connectivity index (χ4n) is 1.57. The number of thiazole rings is 1. The fraction of sp³-hybridized carbons (Fsp3) is 0.231. The number of nitrogens with one attached hydrogen (secondary N) is 1. The number of benzene rings is 1. The maximum atomic E-state index is 13.7. The average Bonchev–Trinajstić information content (AvgIpc) is 2.81. The molecule has 0 atom stereocenters. The lowest BCUT2D eigenvalue weighted by molar-refractivity contribution is 0.0605. The van der Waals surface area contributed by atoms with Crippen LogP contribution in [0.3, 0.4) is 0 Å². The van der Waals surface area contributed by atoms with E-state index >= 15 is 0 Å². The lowest BCUT2D eigenvalue weighted by Crippen LogP contribution is -1.99. The first-order valence-electron chi connectivity index (χ1n) is 5.71. The van der Waals surface area contributed by atoms with Crippen molar-refractivity contribution in [2.45, 2.75) is 6.92 Å². The Morgan fingerprint density at radius 3 is 2.80 bits per heavy atom. The quantitative estimate of drug-likeness (QED) is 0.878. The van der Waals surface area contributed by atoms with Gasteiger partial charge in [0.2, 0.25) is 0 Å². The van der Waals surface area contributed by atoms with Crippen molar-refractivity contribution in [3.8, 4) is 5.75 Å². The Balaban J connectivity index is 2.28. The molecule has 0 fully saturated rings. The van der Waals surface area contributed by atoms with Crippen molar-refractivity contribution >= 4 is 28.1 Å². The summed E-state index contributed by atoms with van der Waals surface area (Å²) in [7, 11) is 2.80. The molecule has 0 radical (unpaired) electrons. The van der Waals surface area contributed by atoms with E-state index in [0.29, 0.717) is 21.5 Å². The van der Waals surface area contributed by atoms with Crippen LogP contribution in [-0.4, -0.2) is 25.2 Å². The number of hydrogen-bond acceptors (Lipinski definition) is 6. The summed E-state index contributed by atoms with van der Waals surface area (Å²) >= 11 is 1.10. The molecular formula is C13H13FN2O3S. The van der Waals surface area contributed by atoms with Crippen LogP contribution in [-0.2, 0) is 4.74 Å². The number of aryl methyl sites for hydroxylation is 1. The number of carbonyl (C=O) groups excluding carboxylic acids is 1. The standard InChI is InChI=1S/C13H13FN2O3S/c1-7-11(12(17)19-3)20-13(15-7)16-10-6-8(18-2)4-5-9(10)14/h4-6H,1-3H3,(H,15,16). The van der Waals surface area contributed by atoms with Crippen LogP contribution >= 0.6 is 11.3 Å². The van der Waals surface area contributed by atoms with Gasteiger partial charge in [-0.3, -0.25) is 0 Å². The van der Waals surface area contributed by atoms with Crippen molar-refractivity contribution in [3.63, 3.8) is 0 Å². The second-order valence-electron chi connectivity index (χ2n) is 3.90. The normalized spacial score (nSPS) is 10.2. The summed E-state index contributed by atoms with van der Waals surface area (Å²) in [6.45, 7) is 1.69. The first kappa shape index (κ1) is 14.3. The number of carbonyl (C=O) groups is 1. The molecule has 0 aliphatic rings. The van der Waals surface area contributed by atoms with Crippen LogP contribution in [0.25, 0.3) is 0 Å². The van der Waals surface area contributed by atoms with Crippen molar-refractivity contribution in [2.75, 3.05) is 19.5 Å². The molecule has 20 heavy (non-hydrogen) atoms. The Kier molecular flexibility index (Phi) is 4.19. The molecular weight excluding hydrogens is 283 g/mol. The van der Waals surface area contributed by atoms with E-state index in [1.54, 1.807) is 6.92 Å². The van der Waals surface area contributed by atoms with Gasteiger partial charge in [-0.05, 0) is 19.1 Å². The van der Waals surface area contributed by atoms with Crippen LogP contribution in [0.5, 0.6) is 5.75 Å². The smallest absolute Gasteiger partial charge is 0.350 e. The van der Waals surface area contributed by atoms with E-state index in [1.807, 2.05) is 0 Å². The number of hydrogen-bond donors (Lipinski definition) is 1. The highest BCUT2D eigenvalue weighted by Crippen LogP contribution is 2.29. The Morgan fingerprint density at radius 2 is 2.15 bits per heavy atom. The third kappa shape index (κ3) is 2.88. The van der Waals surface area contributed by atoms with Gasteiger partial charge in [-0.15, -0.1) is 0 Å². The third-order valence-corrected chi connectivity index (χ3v) is 3.64. The number of ether oxygens (including phenoxy) is 2. The summed E-state index contributed by atoms with van der Waals surface area (Å²) in [5.41, 5.74) is 0.766. The molecule has 0 aliphatic heterocycles. The SMILES string of the molecule is COC(=O)c1sc(Nc2cc(OC)ccc2F)nc1C. The Bertz CT molecular complexity index is 643. The Morgan fingerprint density at radius 1 is 1.40 bits per heavy atom. The van der Waals surface area contributed by atoms with Gasteiger partial charge in [0.05, 0.1) is 25.6 Å². The van der Waals surface area contributed by atoms with E-state index in [-0.39, 0.29) is 5.69 Å². The van der Waals surface area contributed by atoms with Crippen LogP contribution in [0.15, 0.2) is 18.2 Å². The Labute approximate surface area is 119 Å². The van der Waals surface area contributed by atoms with E-state index in [2.05, 4.69) is 15.0 Å². The monoisotopic (exact) mass is 296 g/mol. The van der Waals surface area contributed by atoms with Gasteiger partial charge in [0.25, 0.3) is 0 Å². The highest BCUT2D eigenvalue weighted by molar-refractivity contribution is 7.17. The van der Waals surface area contributed by atoms with Crippen LogP contribution in [0.1, 0.15) is 15.4 Å². The molecule has 1 aromatic heterocycles. The van der Waals surface area contributed by atoms with Crippen molar-refractivity contribution < 1.29 is 18.7 Å². The van der Waals surface area contributed by atoms with Crippen molar-refractivity contribution in [1.82, 2.24) is 4.98 Å². The number of methoxy groups -OCH3 is 2. The van der Waals surface area contributed by atoms with Crippen molar-refractivity contribution in [2.24, 2.45) is 0 Å². The minimum Gasteiger partial charge on any atom is -0.497 e. The van der Waals surface area contributed by atoms with Crippen LogP contribution in [0.4, 0.5) is 15.2 Å². The van der Waals surface area contributed by atoms with E-state index < -0.39 is 11.8 Å². The maximum Gasteiger partial charge on any atom is 0.350 e. The molecule has 1 heterocycles. The topological polar surface area (TPSA) is 60.5 Å². The Hall–Kier alpha value is -2.15. The number of aromatic nitrogens is 1. The molecule has 0 saturated carbocycles. The minimum atomic E-state index is -0.459. The molecule has 5 nitrogen and oxygen atoms in total. The number of rotatable bonds is 4. The number of anilines is 2. The summed E-state index contributed by atoms with van der Waals surface area (Å²) in [5, 5.41) is 3.24. The van der Waals surface area contributed by atoms with Crippen LogP contribution in [0, 0.1) is 12.7 Å². The second-order valence-corrected chi connectivity index (χ2v) is 4.89. The highest BCUT2D eigenvalue weighted by atomic mass is 32.1. The summed E-state index contributed by atoms with van der Waals surface area (Å²) in [6, 6.07) is 4.33. The first-order chi connectivity index (χ1) is 9.55. The van der Waals surface area contributed by atoms with E-state index in [1.165, 1.54) is 32.4 Å². The van der Waals surface area contributed by atoms with Gasteiger partial charge in [-0.2, -0.15) is 0 Å². The molecule has 1 aromatic carbocycles. The molecule has 0 bridgehead atoms. The van der Waals surface area contributed by atoms with Gasteiger partial charge in [-0.1, -0.05) is 11.3 Å². The largest absolute Gasteiger partial charge is 0.497 e. The van der Waals surface area contributed by atoms with Gasteiger partial charge < -0.3 is 14.8 Å². The maximum absolute atomic E-state index is 13.7. The van der Waals surface area contributed by atoms with Gasteiger partial charge in [0, 0.05) is 6.07 Å². The molecule has 0 aliphatic carbocycles. The zero-order chi connectivity index (χ0) is 14.7. The molecule has 1 N–H and O–H groups in total. The second kappa shape index (κ2) is 5.87. The van der Waals surface area contributed by atoms with E-state index in [4.69, 9.17) is 4.74 Å². The predicted octanol–water partition coefficient (Wildman–Crippen LogP) is 3.13. The summed E-state index contributed by atoms with van der Waals surface area (Å²) in [4.78, 5) is 16.1. The molecule has 0 unspecified atom stereocenters. The van der Waals surface area contributed by atoms with E-state index in [9.17, 15) is 9.18 Å². The molecule has 106 valence electrons.